The second-order valence-corrected chi connectivity index (χ2v) is 3.39. The third-order valence-corrected chi connectivity index (χ3v) is 1.91. The molecule has 3 nitrogen and oxygen atoms in total. The molecule has 0 radical (unpaired) electrons. The summed E-state index contributed by atoms with van der Waals surface area (Å²) < 4.78 is 5.26. The third-order valence-electron chi connectivity index (χ3n) is 1.91. The van der Waals surface area contributed by atoms with Crippen molar-refractivity contribution in [3.05, 3.63) is 29.6 Å². The molecule has 14 heavy (non-hydrogen) atoms. The normalized spacial score (nSPS) is 12.8. The lowest BCUT2D eigenvalue weighted by atomic mass is 10.1. The number of aliphatic hydroxyl groups excluding tert-OH is 1. The van der Waals surface area contributed by atoms with E-state index in [1.54, 1.807) is 12.4 Å². The van der Waals surface area contributed by atoms with Crippen LogP contribution in [0.25, 0.3) is 0 Å². The van der Waals surface area contributed by atoms with Crippen molar-refractivity contribution in [3.63, 3.8) is 0 Å². The van der Waals surface area contributed by atoms with Crippen molar-refractivity contribution >= 4 is 0 Å². The molecule has 1 heterocycles. The SMILES string of the molecule is CCCOCC(O)c1cncc(C)c1. The summed E-state index contributed by atoms with van der Waals surface area (Å²) in [5.74, 6) is 0. The number of aryl methyl sites for hydroxylation is 1. The summed E-state index contributed by atoms with van der Waals surface area (Å²) in [6.07, 6.45) is 3.85. The van der Waals surface area contributed by atoms with Gasteiger partial charge in [-0.05, 0) is 18.9 Å². The molecule has 0 amide bonds. The van der Waals surface area contributed by atoms with E-state index in [9.17, 15) is 5.11 Å². The van der Waals surface area contributed by atoms with Crippen LogP contribution in [0.3, 0.4) is 0 Å². The van der Waals surface area contributed by atoms with Crippen molar-refractivity contribution in [1.29, 1.82) is 0 Å². The quantitative estimate of drug-likeness (QED) is 0.729. The minimum atomic E-state index is -0.561. The Balaban J connectivity index is 2.47. The van der Waals surface area contributed by atoms with Gasteiger partial charge < -0.3 is 9.84 Å². The Bertz CT molecular complexity index is 276. The van der Waals surface area contributed by atoms with Crippen molar-refractivity contribution in [1.82, 2.24) is 4.98 Å². The van der Waals surface area contributed by atoms with Crippen molar-refractivity contribution in [2.24, 2.45) is 0 Å². The fourth-order valence-electron chi connectivity index (χ4n) is 1.20. The van der Waals surface area contributed by atoms with Gasteiger partial charge in [0.1, 0.15) is 6.10 Å². The molecular weight excluding hydrogens is 178 g/mol. The van der Waals surface area contributed by atoms with Gasteiger partial charge in [0, 0.05) is 24.6 Å². The van der Waals surface area contributed by atoms with Crippen LogP contribution in [0.1, 0.15) is 30.6 Å². The van der Waals surface area contributed by atoms with E-state index in [0.717, 1.165) is 17.5 Å². The first-order valence-corrected chi connectivity index (χ1v) is 4.91. The van der Waals surface area contributed by atoms with E-state index in [1.807, 2.05) is 19.9 Å². The van der Waals surface area contributed by atoms with Crippen LogP contribution < -0.4 is 0 Å². The Kier molecular flexibility index (Phi) is 4.56. The fraction of sp³-hybridized carbons (Fsp3) is 0.545. The maximum absolute atomic E-state index is 9.71. The highest BCUT2D eigenvalue weighted by molar-refractivity contribution is 5.18. The summed E-state index contributed by atoms with van der Waals surface area (Å²) >= 11 is 0. The van der Waals surface area contributed by atoms with E-state index < -0.39 is 6.10 Å². The molecule has 78 valence electrons. The van der Waals surface area contributed by atoms with Gasteiger partial charge in [-0.3, -0.25) is 4.98 Å². The van der Waals surface area contributed by atoms with Crippen LogP contribution in [0.15, 0.2) is 18.5 Å². The summed E-state index contributed by atoms with van der Waals surface area (Å²) in [7, 11) is 0. The predicted octanol–water partition coefficient (Wildman–Crippen LogP) is 1.85. The Morgan fingerprint density at radius 3 is 2.93 bits per heavy atom. The topological polar surface area (TPSA) is 42.4 Å². The lowest BCUT2D eigenvalue weighted by molar-refractivity contribution is 0.0362. The van der Waals surface area contributed by atoms with Gasteiger partial charge in [-0.2, -0.15) is 0 Å². The highest BCUT2D eigenvalue weighted by Crippen LogP contribution is 2.12. The predicted molar refractivity (Wildman–Crippen MR) is 55.0 cm³/mol. The van der Waals surface area contributed by atoms with Crippen LogP contribution in [-0.4, -0.2) is 23.3 Å². The number of pyridine rings is 1. The Labute approximate surface area is 84.7 Å². The number of aliphatic hydroxyl groups is 1. The number of ether oxygens (including phenoxy) is 1. The van der Waals surface area contributed by atoms with Crippen molar-refractivity contribution in [2.75, 3.05) is 13.2 Å². The smallest absolute Gasteiger partial charge is 0.104 e. The molecule has 0 aromatic carbocycles. The summed E-state index contributed by atoms with van der Waals surface area (Å²) in [5.41, 5.74) is 1.87. The van der Waals surface area contributed by atoms with Crippen molar-refractivity contribution in [2.45, 2.75) is 26.4 Å². The molecule has 0 aliphatic carbocycles. The zero-order valence-electron chi connectivity index (χ0n) is 8.73. The van der Waals surface area contributed by atoms with E-state index in [4.69, 9.17) is 4.74 Å². The molecular formula is C11H17NO2. The van der Waals surface area contributed by atoms with E-state index in [2.05, 4.69) is 4.98 Å². The van der Waals surface area contributed by atoms with Gasteiger partial charge in [0.15, 0.2) is 0 Å². The molecule has 1 N–H and O–H groups in total. The summed E-state index contributed by atoms with van der Waals surface area (Å²) in [6, 6.07) is 1.92. The van der Waals surface area contributed by atoms with Crippen molar-refractivity contribution in [3.8, 4) is 0 Å². The van der Waals surface area contributed by atoms with Gasteiger partial charge in [-0.1, -0.05) is 13.0 Å². The highest BCUT2D eigenvalue weighted by Gasteiger charge is 2.07. The Morgan fingerprint density at radius 1 is 1.50 bits per heavy atom. The maximum atomic E-state index is 9.71. The molecule has 0 spiro atoms. The summed E-state index contributed by atoms with van der Waals surface area (Å²) in [5, 5.41) is 9.71. The molecule has 0 fully saturated rings. The Morgan fingerprint density at radius 2 is 2.29 bits per heavy atom. The molecule has 0 bridgehead atoms. The molecule has 1 aromatic heterocycles. The molecule has 1 atom stereocenters. The van der Waals surface area contributed by atoms with E-state index in [-0.39, 0.29) is 0 Å². The average molecular weight is 195 g/mol. The van der Waals surface area contributed by atoms with Crippen LogP contribution >= 0.6 is 0 Å². The highest BCUT2D eigenvalue weighted by atomic mass is 16.5. The van der Waals surface area contributed by atoms with Crippen LogP contribution in [0.4, 0.5) is 0 Å². The lowest BCUT2D eigenvalue weighted by Gasteiger charge is -2.11. The third kappa shape index (κ3) is 3.44. The first-order valence-electron chi connectivity index (χ1n) is 4.91. The maximum Gasteiger partial charge on any atom is 0.104 e. The Hall–Kier alpha value is -0.930. The van der Waals surface area contributed by atoms with Gasteiger partial charge >= 0.3 is 0 Å². The molecule has 1 unspecified atom stereocenters. The second-order valence-electron chi connectivity index (χ2n) is 3.39. The van der Waals surface area contributed by atoms with Gasteiger partial charge in [-0.25, -0.2) is 0 Å². The monoisotopic (exact) mass is 195 g/mol. The largest absolute Gasteiger partial charge is 0.386 e. The van der Waals surface area contributed by atoms with Gasteiger partial charge in [0.05, 0.1) is 6.61 Å². The van der Waals surface area contributed by atoms with E-state index >= 15 is 0 Å². The van der Waals surface area contributed by atoms with E-state index in [1.165, 1.54) is 0 Å². The zero-order valence-corrected chi connectivity index (χ0v) is 8.73. The summed E-state index contributed by atoms with van der Waals surface area (Å²) in [6.45, 7) is 5.03. The number of aromatic nitrogens is 1. The molecule has 0 saturated carbocycles. The average Bonchev–Trinajstić information content (AvgIpc) is 2.18. The molecule has 0 aliphatic heterocycles. The fourth-order valence-corrected chi connectivity index (χ4v) is 1.20. The second kappa shape index (κ2) is 5.73. The van der Waals surface area contributed by atoms with Crippen LogP contribution in [-0.2, 0) is 4.74 Å². The molecule has 1 rings (SSSR count). The number of rotatable bonds is 5. The minimum Gasteiger partial charge on any atom is -0.386 e. The zero-order chi connectivity index (χ0) is 10.4. The van der Waals surface area contributed by atoms with Crippen molar-refractivity contribution < 1.29 is 9.84 Å². The van der Waals surface area contributed by atoms with Gasteiger partial charge in [-0.15, -0.1) is 0 Å². The number of hydrogen-bond donors (Lipinski definition) is 1. The minimum absolute atomic E-state index is 0.346. The van der Waals surface area contributed by atoms with Gasteiger partial charge in [0.2, 0.25) is 0 Å². The van der Waals surface area contributed by atoms with Crippen LogP contribution in [0, 0.1) is 6.92 Å². The standard InChI is InChI=1S/C11H17NO2/c1-3-4-14-8-11(13)10-5-9(2)6-12-7-10/h5-7,11,13H,3-4,8H2,1-2H3. The molecule has 1 aromatic rings. The van der Waals surface area contributed by atoms with Crippen LogP contribution in [0.2, 0.25) is 0 Å². The molecule has 0 aliphatic rings. The van der Waals surface area contributed by atoms with Crippen LogP contribution in [0.5, 0.6) is 0 Å². The number of hydrogen-bond acceptors (Lipinski definition) is 3. The lowest BCUT2D eigenvalue weighted by Crippen LogP contribution is -2.08. The number of nitrogens with zero attached hydrogens (tertiary/aromatic N) is 1. The molecule has 0 saturated heterocycles. The van der Waals surface area contributed by atoms with Gasteiger partial charge in [0.25, 0.3) is 0 Å². The summed E-state index contributed by atoms with van der Waals surface area (Å²) in [4.78, 5) is 4.02. The first kappa shape index (κ1) is 11.1. The molecule has 3 heteroatoms. The van der Waals surface area contributed by atoms with E-state index in [0.29, 0.717) is 13.2 Å². The first-order chi connectivity index (χ1) is 6.74.